The van der Waals surface area contributed by atoms with E-state index in [-0.39, 0.29) is 0 Å². The average molecular weight is 235 g/mol. The van der Waals surface area contributed by atoms with Gasteiger partial charge in [-0.05, 0) is 52.1 Å². The van der Waals surface area contributed by atoms with E-state index in [1.165, 1.54) is 23.4 Å². The zero-order chi connectivity index (χ0) is 12.8. The largest absolute Gasteiger partial charge is 0.317 e. The molecule has 0 aliphatic heterocycles. The lowest BCUT2D eigenvalue weighted by molar-refractivity contribution is 0.492. The quantitative estimate of drug-likeness (QED) is 0.736. The molecule has 3 heteroatoms. The number of aromatic nitrogens is 2. The smallest absolute Gasteiger partial charge is 0.0628 e. The Kier molecular flexibility index (Phi) is 5.42. The summed E-state index contributed by atoms with van der Waals surface area (Å²) in [6.45, 7) is 8.02. The van der Waals surface area contributed by atoms with Gasteiger partial charge >= 0.3 is 0 Å². The summed E-state index contributed by atoms with van der Waals surface area (Å²) >= 11 is 0. The Balaban J connectivity index is 2.56. The van der Waals surface area contributed by atoms with Gasteiger partial charge in [0, 0.05) is 18.8 Å². The molecule has 1 heterocycles. The van der Waals surface area contributed by atoms with Gasteiger partial charge in [-0.3, -0.25) is 4.68 Å². The zero-order valence-corrected chi connectivity index (χ0v) is 11.6. The van der Waals surface area contributed by atoms with E-state index in [0.717, 1.165) is 19.3 Å². The minimum atomic E-state index is 0.576. The Bertz CT molecular complexity index is 366. The fourth-order valence-electron chi connectivity index (χ4n) is 2.25. The Morgan fingerprint density at radius 3 is 2.59 bits per heavy atom. The summed E-state index contributed by atoms with van der Waals surface area (Å²) in [7, 11) is 4.05. The second kappa shape index (κ2) is 6.60. The molecular formula is C14H25N3. The minimum Gasteiger partial charge on any atom is -0.317 e. The molecule has 0 saturated carbocycles. The molecule has 1 aromatic rings. The molecule has 1 N–H and O–H groups in total. The van der Waals surface area contributed by atoms with Crippen LogP contribution < -0.4 is 5.32 Å². The molecule has 0 fully saturated rings. The Hall–Kier alpha value is -1.09. The average Bonchev–Trinajstić information content (AvgIpc) is 2.55. The van der Waals surface area contributed by atoms with Crippen molar-refractivity contribution < 1.29 is 0 Å². The fourth-order valence-corrected chi connectivity index (χ4v) is 2.25. The van der Waals surface area contributed by atoms with Gasteiger partial charge in [-0.2, -0.15) is 5.10 Å². The van der Waals surface area contributed by atoms with Gasteiger partial charge in [0.15, 0.2) is 0 Å². The van der Waals surface area contributed by atoms with Gasteiger partial charge in [-0.1, -0.05) is 6.08 Å². The van der Waals surface area contributed by atoms with Crippen molar-refractivity contribution in [3.05, 3.63) is 29.6 Å². The van der Waals surface area contributed by atoms with E-state index < -0.39 is 0 Å². The summed E-state index contributed by atoms with van der Waals surface area (Å²) in [6, 6.07) is 0.576. The lowest BCUT2D eigenvalue weighted by Gasteiger charge is -2.15. The summed E-state index contributed by atoms with van der Waals surface area (Å²) in [5, 5.41) is 7.83. The highest BCUT2D eigenvalue weighted by Gasteiger charge is 2.11. The highest BCUT2D eigenvalue weighted by molar-refractivity contribution is 5.24. The van der Waals surface area contributed by atoms with Crippen LogP contribution in [-0.2, 0) is 13.5 Å². The first kappa shape index (κ1) is 14.0. The van der Waals surface area contributed by atoms with Gasteiger partial charge in [0.25, 0.3) is 0 Å². The van der Waals surface area contributed by atoms with Crippen LogP contribution in [0.5, 0.6) is 0 Å². The number of aryl methyl sites for hydroxylation is 2. The topological polar surface area (TPSA) is 29.9 Å². The van der Waals surface area contributed by atoms with Crippen LogP contribution in [0, 0.1) is 13.8 Å². The number of rotatable bonds is 7. The van der Waals surface area contributed by atoms with Crippen molar-refractivity contribution in [3.8, 4) is 0 Å². The Morgan fingerprint density at radius 2 is 2.12 bits per heavy atom. The Morgan fingerprint density at radius 1 is 1.41 bits per heavy atom. The normalized spacial score (nSPS) is 12.7. The molecule has 0 aliphatic rings. The van der Waals surface area contributed by atoms with E-state index in [1.807, 2.05) is 24.9 Å². The third-order valence-corrected chi connectivity index (χ3v) is 3.53. The van der Waals surface area contributed by atoms with Crippen molar-refractivity contribution in [2.75, 3.05) is 7.05 Å². The van der Waals surface area contributed by atoms with E-state index in [0.29, 0.717) is 6.04 Å². The van der Waals surface area contributed by atoms with E-state index in [4.69, 9.17) is 0 Å². The zero-order valence-electron chi connectivity index (χ0n) is 11.6. The standard InChI is InChI=1S/C14H25N3/c1-6-7-8-13(15-4)9-10-14-11(2)16-17(5)12(14)3/h6,13,15H,1,7-10H2,2-5H3. The number of nitrogens with one attached hydrogen (secondary N) is 1. The van der Waals surface area contributed by atoms with E-state index in [2.05, 4.69) is 30.8 Å². The molecule has 1 unspecified atom stereocenters. The van der Waals surface area contributed by atoms with Gasteiger partial charge < -0.3 is 5.32 Å². The lowest BCUT2D eigenvalue weighted by Crippen LogP contribution is -2.25. The maximum atomic E-state index is 4.46. The third kappa shape index (κ3) is 3.70. The predicted octanol–water partition coefficient (Wildman–Crippen LogP) is 2.52. The Labute approximate surface area is 105 Å². The second-order valence-electron chi connectivity index (χ2n) is 4.66. The van der Waals surface area contributed by atoms with Crippen LogP contribution in [0.3, 0.4) is 0 Å². The lowest BCUT2D eigenvalue weighted by atomic mass is 10.0. The molecule has 17 heavy (non-hydrogen) atoms. The van der Waals surface area contributed by atoms with Gasteiger partial charge in [-0.25, -0.2) is 0 Å². The van der Waals surface area contributed by atoms with Crippen LogP contribution in [0.2, 0.25) is 0 Å². The van der Waals surface area contributed by atoms with E-state index >= 15 is 0 Å². The van der Waals surface area contributed by atoms with Crippen LogP contribution >= 0.6 is 0 Å². The molecule has 0 bridgehead atoms. The van der Waals surface area contributed by atoms with Crippen molar-refractivity contribution >= 4 is 0 Å². The van der Waals surface area contributed by atoms with Crippen LogP contribution in [-0.4, -0.2) is 22.9 Å². The SMILES string of the molecule is C=CCCC(CCc1c(C)nn(C)c1C)NC. The van der Waals surface area contributed by atoms with Crippen molar-refractivity contribution in [3.63, 3.8) is 0 Å². The molecule has 0 spiro atoms. The number of nitrogens with zero attached hydrogens (tertiary/aromatic N) is 2. The van der Waals surface area contributed by atoms with Gasteiger partial charge in [0.2, 0.25) is 0 Å². The molecule has 96 valence electrons. The van der Waals surface area contributed by atoms with Crippen molar-refractivity contribution in [2.24, 2.45) is 7.05 Å². The molecule has 0 aromatic carbocycles. The maximum absolute atomic E-state index is 4.46. The molecule has 0 saturated heterocycles. The maximum Gasteiger partial charge on any atom is 0.0628 e. The first-order valence-electron chi connectivity index (χ1n) is 6.37. The second-order valence-corrected chi connectivity index (χ2v) is 4.66. The van der Waals surface area contributed by atoms with Crippen molar-refractivity contribution in [2.45, 2.75) is 45.6 Å². The highest BCUT2D eigenvalue weighted by Crippen LogP contribution is 2.16. The number of hydrogen-bond acceptors (Lipinski definition) is 2. The van der Waals surface area contributed by atoms with E-state index in [1.54, 1.807) is 0 Å². The van der Waals surface area contributed by atoms with E-state index in [9.17, 15) is 0 Å². The summed E-state index contributed by atoms with van der Waals surface area (Å²) in [4.78, 5) is 0. The van der Waals surface area contributed by atoms with Gasteiger partial charge in [0.1, 0.15) is 0 Å². The van der Waals surface area contributed by atoms with Crippen molar-refractivity contribution in [1.29, 1.82) is 0 Å². The summed E-state index contributed by atoms with van der Waals surface area (Å²) in [5.41, 5.74) is 3.87. The number of allylic oxidation sites excluding steroid dienone is 1. The summed E-state index contributed by atoms with van der Waals surface area (Å²) in [6.07, 6.45) is 6.51. The molecule has 1 rings (SSSR count). The van der Waals surface area contributed by atoms with Gasteiger partial charge in [0.05, 0.1) is 5.69 Å². The first-order valence-corrected chi connectivity index (χ1v) is 6.37. The molecule has 0 amide bonds. The number of hydrogen-bond donors (Lipinski definition) is 1. The highest BCUT2D eigenvalue weighted by atomic mass is 15.3. The molecule has 1 atom stereocenters. The van der Waals surface area contributed by atoms with Crippen LogP contribution in [0.25, 0.3) is 0 Å². The van der Waals surface area contributed by atoms with Crippen LogP contribution in [0.15, 0.2) is 12.7 Å². The summed E-state index contributed by atoms with van der Waals surface area (Å²) in [5.74, 6) is 0. The summed E-state index contributed by atoms with van der Waals surface area (Å²) < 4.78 is 1.97. The third-order valence-electron chi connectivity index (χ3n) is 3.53. The molecule has 1 aromatic heterocycles. The molecular weight excluding hydrogens is 210 g/mol. The fraction of sp³-hybridized carbons (Fsp3) is 0.643. The van der Waals surface area contributed by atoms with Crippen LogP contribution in [0.4, 0.5) is 0 Å². The van der Waals surface area contributed by atoms with Crippen LogP contribution in [0.1, 0.15) is 36.2 Å². The predicted molar refractivity (Wildman–Crippen MR) is 73.3 cm³/mol. The molecule has 0 radical (unpaired) electrons. The monoisotopic (exact) mass is 235 g/mol. The molecule has 0 aliphatic carbocycles. The first-order chi connectivity index (χ1) is 8.10. The van der Waals surface area contributed by atoms with Gasteiger partial charge in [-0.15, -0.1) is 6.58 Å². The van der Waals surface area contributed by atoms with Crippen molar-refractivity contribution in [1.82, 2.24) is 15.1 Å². The minimum absolute atomic E-state index is 0.576. The molecule has 3 nitrogen and oxygen atoms in total.